The SMILES string of the molecule is CC(NC(=O)COC(=O)c1ccc(Br)o1)c1ccc(Cl)cc1Cl. The van der Waals surface area contributed by atoms with Crippen molar-refractivity contribution in [2.24, 2.45) is 0 Å². The topological polar surface area (TPSA) is 68.5 Å². The van der Waals surface area contributed by atoms with Crippen LogP contribution in [0.1, 0.15) is 29.1 Å². The predicted molar refractivity (Wildman–Crippen MR) is 89.7 cm³/mol. The summed E-state index contributed by atoms with van der Waals surface area (Å²) in [6.45, 7) is 1.34. The van der Waals surface area contributed by atoms with Crippen molar-refractivity contribution in [3.05, 3.63) is 56.4 Å². The van der Waals surface area contributed by atoms with Crippen LogP contribution in [0.25, 0.3) is 0 Å². The van der Waals surface area contributed by atoms with E-state index in [1.807, 2.05) is 0 Å². The van der Waals surface area contributed by atoms with Crippen LogP contribution in [-0.4, -0.2) is 18.5 Å². The number of benzene rings is 1. The van der Waals surface area contributed by atoms with Crippen LogP contribution >= 0.6 is 39.1 Å². The highest BCUT2D eigenvalue weighted by Gasteiger charge is 2.16. The van der Waals surface area contributed by atoms with Crippen molar-refractivity contribution in [3.8, 4) is 0 Å². The fraction of sp³-hybridized carbons (Fsp3) is 0.200. The Balaban J connectivity index is 1.88. The van der Waals surface area contributed by atoms with Crippen molar-refractivity contribution in [2.45, 2.75) is 13.0 Å². The summed E-state index contributed by atoms with van der Waals surface area (Å²) >= 11 is 15.0. The van der Waals surface area contributed by atoms with Gasteiger partial charge in [-0.05, 0) is 52.7 Å². The van der Waals surface area contributed by atoms with E-state index in [2.05, 4.69) is 21.2 Å². The number of hydrogen-bond acceptors (Lipinski definition) is 4. The van der Waals surface area contributed by atoms with Gasteiger partial charge in [0, 0.05) is 10.0 Å². The van der Waals surface area contributed by atoms with E-state index in [0.717, 1.165) is 0 Å². The second kappa shape index (κ2) is 7.86. The predicted octanol–water partition coefficient (Wildman–Crippen LogP) is 4.38. The zero-order valence-corrected chi connectivity index (χ0v) is 15.0. The molecule has 2 rings (SSSR count). The van der Waals surface area contributed by atoms with Crippen LogP contribution in [0.3, 0.4) is 0 Å². The lowest BCUT2D eigenvalue weighted by molar-refractivity contribution is -0.124. The lowest BCUT2D eigenvalue weighted by Gasteiger charge is -2.15. The standard InChI is InChI=1S/C15H12BrCl2NO4/c1-8(10-3-2-9(17)6-11(10)18)19-14(20)7-22-15(21)12-4-5-13(16)23-12/h2-6,8H,7H2,1H3,(H,19,20). The van der Waals surface area contributed by atoms with Gasteiger partial charge in [-0.1, -0.05) is 29.3 Å². The van der Waals surface area contributed by atoms with Gasteiger partial charge in [0.25, 0.3) is 5.91 Å². The largest absolute Gasteiger partial charge is 0.450 e. The molecular formula is C15H12BrCl2NO4. The van der Waals surface area contributed by atoms with Gasteiger partial charge < -0.3 is 14.5 Å². The Morgan fingerprint density at radius 1 is 1.30 bits per heavy atom. The molecule has 0 saturated heterocycles. The summed E-state index contributed by atoms with van der Waals surface area (Å²) in [6, 6.07) is 7.64. The third-order valence-corrected chi connectivity index (χ3v) is 3.90. The minimum absolute atomic E-state index is 0.0125. The second-order valence-corrected chi connectivity index (χ2v) is 6.26. The molecule has 0 aliphatic rings. The number of furan rings is 1. The fourth-order valence-electron chi connectivity index (χ4n) is 1.84. The Morgan fingerprint density at radius 2 is 2.04 bits per heavy atom. The second-order valence-electron chi connectivity index (χ2n) is 4.63. The van der Waals surface area contributed by atoms with Crippen LogP contribution in [0.2, 0.25) is 10.0 Å². The van der Waals surface area contributed by atoms with Crippen LogP contribution in [-0.2, 0) is 9.53 Å². The molecule has 0 spiro atoms. The molecule has 0 fully saturated rings. The van der Waals surface area contributed by atoms with Crippen molar-refractivity contribution in [3.63, 3.8) is 0 Å². The summed E-state index contributed by atoms with van der Waals surface area (Å²) < 4.78 is 10.3. The molecule has 1 N–H and O–H groups in total. The molecule has 0 bridgehead atoms. The van der Waals surface area contributed by atoms with Crippen LogP contribution in [0, 0.1) is 0 Å². The first-order valence-corrected chi connectivity index (χ1v) is 8.08. The normalized spacial score (nSPS) is 11.8. The van der Waals surface area contributed by atoms with Gasteiger partial charge in [0.1, 0.15) is 0 Å². The zero-order valence-electron chi connectivity index (χ0n) is 11.9. The number of carbonyl (C=O) groups is 2. The number of hydrogen-bond donors (Lipinski definition) is 1. The van der Waals surface area contributed by atoms with Gasteiger partial charge in [-0.25, -0.2) is 4.79 Å². The minimum atomic E-state index is -0.719. The van der Waals surface area contributed by atoms with E-state index in [0.29, 0.717) is 20.3 Å². The molecule has 1 atom stereocenters. The molecule has 1 heterocycles. The Morgan fingerprint density at radius 3 is 2.65 bits per heavy atom. The summed E-state index contributed by atoms with van der Waals surface area (Å²) in [6.07, 6.45) is 0. The van der Waals surface area contributed by atoms with Crippen molar-refractivity contribution in [1.82, 2.24) is 5.32 Å². The van der Waals surface area contributed by atoms with Crippen LogP contribution in [0.15, 0.2) is 39.4 Å². The average molecular weight is 421 g/mol. The Hall–Kier alpha value is -1.50. The van der Waals surface area contributed by atoms with Gasteiger partial charge >= 0.3 is 5.97 Å². The number of ether oxygens (including phenoxy) is 1. The van der Waals surface area contributed by atoms with Crippen molar-refractivity contribution >= 4 is 51.0 Å². The number of amides is 1. The quantitative estimate of drug-likeness (QED) is 0.728. The lowest BCUT2D eigenvalue weighted by atomic mass is 10.1. The minimum Gasteiger partial charge on any atom is -0.450 e. The molecule has 0 radical (unpaired) electrons. The molecule has 122 valence electrons. The van der Waals surface area contributed by atoms with E-state index in [4.69, 9.17) is 32.4 Å². The first-order chi connectivity index (χ1) is 10.9. The molecule has 1 unspecified atom stereocenters. The van der Waals surface area contributed by atoms with E-state index in [1.54, 1.807) is 31.2 Å². The summed E-state index contributed by atoms with van der Waals surface area (Å²) in [7, 11) is 0. The monoisotopic (exact) mass is 419 g/mol. The highest BCUT2D eigenvalue weighted by Crippen LogP contribution is 2.26. The summed E-state index contributed by atoms with van der Waals surface area (Å²) in [5.74, 6) is -1.16. The molecule has 8 heteroatoms. The number of rotatable bonds is 5. The number of halogens is 3. The molecule has 0 aliphatic heterocycles. The third-order valence-electron chi connectivity index (χ3n) is 2.92. The van der Waals surface area contributed by atoms with E-state index < -0.39 is 18.5 Å². The van der Waals surface area contributed by atoms with Gasteiger partial charge in [-0.3, -0.25) is 4.79 Å². The lowest BCUT2D eigenvalue weighted by Crippen LogP contribution is -2.31. The molecule has 2 aromatic rings. The Labute approximate surface area is 151 Å². The van der Waals surface area contributed by atoms with Gasteiger partial charge in [0.15, 0.2) is 11.3 Å². The first-order valence-electron chi connectivity index (χ1n) is 6.53. The molecule has 0 saturated carbocycles. The number of carbonyl (C=O) groups excluding carboxylic acids is 2. The molecule has 1 amide bonds. The molecule has 1 aromatic heterocycles. The molecule has 23 heavy (non-hydrogen) atoms. The van der Waals surface area contributed by atoms with E-state index in [-0.39, 0.29) is 11.8 Å². The highest BCUT2D eigenvalue weighted by atomic mass is 79.9. The molecule has 0 aliphatic carbocycles. The average Bonchev–Trinajstić information content (AvgIpc) is 2.91. The highest BCUT2D eigenvalue weighted by molar-refractivity contribution is 9.10. The van der Waals surface area contributed by atoms with E-state index in [9.17, 15) is 9.59 Å². The van der Waals surface area contributed by atoms with Crippen molar-refractivity contribution in [1.29, 1.82) is 0 Å². The zero-order chi connectivity index (χ0) is 17.0. The Kier molecular flexibility index (Phi) is 6.10. The van der Waals surface area contributed by atoms with Gasteiger partial charge in [-0.15, -0.1) is 0 Å². The van der Waals surface area contributed by atoms with Gasteiger partial charge in [0.2, 0.25) is 5.76 Å². The first kappa shape index (κ1) is 17.8. The number of nitrogens with one attached hydrogen (secondary N) is 1. The maximum atomic E-state index is 11.8. The summed E-state index contributed by atoms with van der Waals surface area (Å²) in [5.41, 5.74) is 0.714. The maximum absolute atomic E-state index is 11.8. The van der Waals surface area contributed by atoms with Gasteiger partial charge in [0.05, 0.1) is 6.04 Å². The van der Waals surface area contributed by atoms with Crippen molar-refractivity contribution < 1.29 is 18.7 Å². The molecular weight excluding hydrogens is 409 g/mol. The van der Waals surface area contributed by atoms with Crippen LogP contribution < -0.4 is 5.32 Å². The van der Waals surface area contributed by atoms with E-state index in [1.165, 1.54) is 6.07 Å². The van der Waals surface area contributed by atoms with Gasteiger partial charge in [-0.2, -0.15) is 0 Å². The molecule has 1 aromatic carbocycles. The Bertz CT molecular complexity index is 732. The van der Waals surface area contributed by atoms with Crippen LogP contribution in [0.5, 0.6) is 0 Å². The van der Waals surface area contributed by atoms with E-state index >= 15 is 0 Å². The number of esters is 1. The van der Waals surface area contributed by atoms with Crippen LogP contribution in [0.4, 0.5) is 0 Å². The maximum Gasteiger partial charge on any atom is 0.374 e. The smallest absolute Gasteiger partial charge is 0.374 e. The molecule has 5 nitrogen and oxygen atoms in total. The fourth-order valence-corrected chi connectivity index (χ4v) is 2.72. The van der Waals surface area contributed by atoms with Crippen molar-refractivity contribution in [2.75, 3.05) is 6.61 Å². The summed E-state index contributed by atoms with van der Waals surface area (Å²) in [5, 5.41) is 3.64. The third kappa shape index (κ3) is 4.99. The summed E-state index contributed by atoms with van der Waals surface area (Å²) in [4.78, 5) is 23.5.